The van der Waals surface area contributed by atoms with Gasteiger partial charge >= 0.3 is 5.97 Å². The van der Waals surface area contributed by atoms with Crippen LogP contribution in [0.4, 0.5) is 0 Å². The van der Waals surface area contributed by atoms with Gasteiger partial charge in [-0.25, -0.2) is 0 Å². The van der Waals surface area contributed by atoms with Crippen molar-refractivity contribution in [3.8, 4) is 0 Å². The Hall–Kier alpha value is -3.54. The predicted octanol–water partition coefficient (Wildman–Crippen LogP) is 3.80. The lowest BCUT2D eigenvalue weighted by Crippen LogP contribution is -2.46. The molecule has 0 saturated heterocycles. The molecule has 3 aromatic carbocycles. The summed E-state index contributed by atoms with van der Waals surface area (Å²) < 4.78 is 5.05. The molecule has 29 heavy (non-hydrogen) atoms. The number of fused-ring (bicyclic) bond motifs is 2. The Labute approximate surface area is 167 Å². The Balaban J connectivity index is 1.99. The Morgan fingerprint density at radius 3 is 2.52 bits per heavy atom. The first-order chi connectivity index (χ1) is 14.0. The van der Waals surface area contributed by atoms with E-state index < -0.39 is 34.6 Å². The van der Waals surface area contributed by atoms with Gasteiger partial charge in [-0.2, -0.15) is 0 Å². The molecule has 1 aliphatic carbocycles. The lowest BCUT2D eigenvalue weighted by molar-refractivity contribution is -0.485. The Bertz CT molecular complexity index is 1130. The minimum atomic E-state index is -1.67. The quantitative estimate of drug-likeness (QED) is 0.287. The molecular formula is C23H19NO5. The summed E-state index contributed by atoms with van der Waals surface area (Å²) in [5.41, 5.74) is 0.0599. The molecule has 6 nitrogen and oxygen atoms in total. The highest BCUT2D eigenvalue weighted by molar-refractivity contribution is 6.17. The third-order valence-corrected chi connectivity index (χ3v) is 5.81. The molecule has 2 unspecified atom stereocenters. The highest BCUT2D eigenvalue weighted by Crippen LogP contribution is 2.49. The maximum Gasteiger partial charge on any atom is 0.320 e. The normalized spacial score (nSPS) is 19.0. The highest BCUT2D eigenvalue weighted by atomic mass is 16.6. The van der Waals surface area contributed by atoms with Gasteiger partial charge in [0, 0.05) is 10.5 Å². The van der Waals surface area contributed by atoms with Crippen LogP contribution in [-0.4, -0.2) is 30.3 Å². The summed E-state index contributed by atoms with van der Waals surface area (Å²) in [6, 6.07) is 19.9. The van der Waals surface area contributed by atoms with Crippen LogP contribution in [0.25, 0.3) is 10.8 Å². The second-order valence-corrected chi connectivity index (χ2v) is 7.26. The number of nitro groups is 1. The Morgan fingerprint density at radius 2 is 1.79 bits per heavy atom. The summed E-state index contributed by atoms with van der Waals surface area (Å²) in [6.07, 6.45) is 0.0798. The first-order valence-electron chi connectivity index (χ1n) is 9.29. The maximum absolute atomic E-state index is 13.5. The van der Waals surface area contributed by atoms with Crippen LogP contribution in [0.2, 0.25) is 0 Å². The number of methoxy groups -OCH3 is 1. The summed E-state index contributed by atoms with van der Waals surface area (Å²) in [4.78, 5) is 37.8. The van der Waals surface area contributed by atoms with Crippen LogP contribution in [-0.2, 0) is 16.0 Å². The smallest absolute Gasteiger partial charge is 0.320 e. The van der Waals surface area contributed by atoms with E-state index in [4.69, 9.17) is 4.74 Å². The van der Waals surface area contributed by atoms with E-state index in [-0.39, 0.29) is 6.42 Å². The molecule has 0 N–H and O–H groups in total. The first-order valence-corrected chi connectivity index (χ1v) is 9.29. The number of rotatable bonds is 5. The van der Waals surface area contributed by atoms with Crippen LogP contribution in [0.3, 0.4) is 0 Å². The van der Waals surface area contributed by atoms with Crippen LogP contribution in [0.15, 0.2) is 66.7 Å². The van der Waals surface area contributed by atoms with Crippen molar-refractivity contribution in [3.63, 3.8) is 0 Å². The van der Waals surface area contributed by atoms with E-state index in [9.17, 15) is 19.7 Å². The highest BCUT2D eigenvalue weighted by Gasteiger charge is 2.59. The number of hydrogen-bond acceptors (Lipinski definition) is 5. The number of hydrogen-bond donors (Lipinski definition) is 0. The second-order valence-electron chi connectivity index (χ2n) is 7.26. The Kier molecular flexibility index (Phi) is 4.62. The fourth-order valence-electron chi connectivity index (χ4n) is 4.51. The van der Waals surface area contributed by atoms with Crippen molar-refractivity contribution in [1.82, 2.24) is 0 Å². The van der Waals surface area contributed by atoms with E-state index in [1.165, 1.54) is 7.11 Å². The molecule has 2 atom stereocenters. The number of ketones is 1. The third kappa shape index (κ3) is 2.88. The molecule has 0 saturated carbocycles. The predicted molar refractivity (Wildman–Crippen MR) is 107 cm³/mol. The molecule has 0 aliphatic heterocycles. The van der Waals surface area contributed by atoms with Gasteiger partial charge in [-0.1, -0.05) is 66.7 Å². The van der Waals surface area contributed by atoms with Crippen LogP contribution in [0.5, 0.6) is 0 Å². The molecule has 1 aliphatic rings. The van der Waals surface area contributed by atoms with Crippen LogP contribution >= 0.6 is 0 Å². The van der Waals surface area contributed by atoms with E-state index in [0.717, 1.165) is 10.8 Å². The van der Waals surface area contributed by atoms with Gasteiger partial charge in [-0.3, -0.25) is 19.7 Å². The monoisotopic (exact) mass is 389 g/mol. The molecule has 0 heterocycles. The molecule has 0 radical (unpaired) electrons. The van der Waals surface area contributed by atoms with Gasteiger partial charge in [0.15, 0.2) is 5.78 Å². The number of carbonyl (C=O) groups is 2. The zero-order valence-corrected chi connectivity index (χ0v) is 15.8. The van der Waals surface area contributed by atoms with E-state index in [1.54, 1.807) is 36.4 Å². The summed E-state index contributed by atoms with van der Waals surface area (Å²) >= 11 is 0. The van der Waals surface area contributed by atoms with E-state index >= 15 is 0 Å². The van der Waals surface area contributed by atoms with Gasteiger partial charge in [-0.15, -0.1) is 0 Å². The third-order valence-electron chi connectivity index (χ3n) is 5.81. The Morgan fingerprint density at radius 1 is 1.10 bits per heavy atom. The van der Waals surface area contributed by atoms with Gasteiger partial charge < -0.3 is 4.74 Å². The maximum atomic E-state index is 13.5. The number of Topliss-reactive ketones (excluding diaryl/α,β-unsaturated/α-hetero) is 1. The molecule has 3 aromatic rings. The number of ether oxygens (including phenoxy) is 1. The van der Waals surface area contributed by atoms with Crippen molar-refractivity contribution in [3.05, 3.63) is 93.5 Å². The van der Waals surface area contributed by atoms with Gasteiger partial charge in [0.05, 0.1) is 13.0 Å². The van der Waals surface area contributed by atoms with Crippen molar-refractivity contribution < 1.29 is 19.2 Å². The number of carbonyl (C=O) groups excluding carboxylic acids is 2. The van der Waals surface area contributed by atoms with E-state index in [2.05, 4.69) is 0 Å². The lowest BCUT2D eigenvalue weighted by Gasteiger charge is -2.32. The van der Waals surface area contributed by atoms with Gasteiger partial charge in [0.25, 0.3) is 0 Å². The average molecular weight is 389 g/mol. The van der Waals surface area contributed by atoms with Crippen molar-refractivity contribution in [2.24, 2.45) is 5.41 Å². The SMILES string of the molecule is COC(=O)C1(C(C[N+](=O)[O-])c2cccc3ccccc23)Cc2ccccc2C1=O. The average Bonchev–Trinajstić information content (AvgIpc) is 3.04. The fourth-order valence-corrected chi connectivity index (χ4v) is 4.51. The molecule has 0 spiro atoms. The molecule has 0 bridgehead atoms. The topological polar surface area (TPSA) is 86.5 Å². The standard InChI is InChI=1S/C23H19NO5/c1-29-22(26)23(13-16-8-3-5-11-18(16)21(23)25)20(14-24(27)28)19-12-6-9-15-7-2-4-10-17(15)19/h2-12,20H,13-14H2,1H3. The van der Waals surface area contributed by atoms with Crippen molar-refractivity contribution in [1.29, 1.82) is 0 Å². The fraction of sp³-hybridized carbons (Fsp3) is 0.217. The van der Waals surface area contributed by atoms with Crippen molar-refractivity contribution >= 4 is 22.5 Å². The summed E-state index contributed by atoms with van der Waals surface area (Å²) in [5.74, 6) is -2.12. The van der Waals surface area contributed by atoms with Crippen molar-refractivity contribution in [2.75, 3.05) is 13.7 Å². The molecule has 6 heteroatoms. The molecule has 0 fully saturated rings. The first kappa shape index (κ1) is 18.8. The van der Waals surface area contributed by atoms with Gasteiger partial charge in [0.1, 0.15) is 5.41 Å². The molecule has 0 amide bonds. The van der Waals surface area contributed by atoms with E-state index in [0.29, 0.717) is 16.7 Å². The minimum absolute atomic E-state index is 0.0798. The molecule has 0 aromatic heterocycles. The summed E-state index contributed by atoms with van der Waals surface area (Å²) in [5, 5.41) is 13.3. The summed E-state index contributed by atoms with van der Waals surface area (Å²) in [7, 11) is 1.21. The number of benzene rings is 3. The summed E-state index contributed by atoms with van der Waals surface area (Å²) in [6.45, 7) is -0.553. The second kappa shape index (κ2) is 7.13. The van der Waals surface area contributed by atoms with Gasteiger partial charge in [-0.05, 0) is 28.3 Å². The van der Waals surface area contributed by atoms with Crippen molar-refractivity contribution in [2.45, 2.75) is 12.3 Å². The van der Waals surface area contributed by atoms with Crippen LogP contribution in [0.1, 0.15) is 27.4 Å². The number of nitrogens with zero attached hydrogens (tertiary/aromatic N) is 1. The molecule has 146 valence electrons. The lowest BCUT2D eigenvalue weighted by atomic mass is 9.68. The zero-order chi connectivity index (χ0) is 20.6. The molecule has 4 rings (SSSR count). The van der Waals surface area contributed by atoms with Crippen LogP contribution in [0, 0.1) is 15.5 Å². The zero-order valence-electron chi connectivity index (χ0n) is 15.8. The minimum Gasteiger partial charge on any atom is -0.468 e. The molecular weight excluding hydrogens is 370 g/mol. The largest absolute Gasteiger partial charge is 0.468 e. The van der Waals surface area contributed by atoms with Crippen LogP contribution < -0.4 is 0 Å². The van der Waals surface area contributed by atoms with E-state index in [1.807, 2.05) is 30.3 Å². The van der Waals surface area contributed by atoms with Gasteiger partial charge in [0.2, 0.25) is 6.54 Å². The number of esters is 1.